The predicted molar refractivity (Wildman–Crippen MR) is 123 cm³/mol. The molecule has 0 saturated carbocycles. The molecule has 1 aromatic carbocycles. The van der Waals surface area contributed by atoms with Crippen LogP contribution in [-0.2, 0) is 10.3 Å². The highest BCUT2D eigenvalue weighted by molar-refractivity contribution is 6.30. The number of aryl methyl sites for hydroxylation is 1. The van der Waals surface area contributed by atoms with Gasteiger partial charge in [0, 0.05) is 53.7 Å². The Morgan fingerprint density at radius 1 is 1.03 bits per heavy atom. The number of Topliss-reactive ketones (excluding diaryl/α,β-unsaturated/α-hetero) is 1. The number of amides is 1. The van der Waals surface area contributed by atoms with E-state index < -0.39 is 0 Å². The summed E-state index contributed by atoms with van der Waals surface area (Å²) >= 11 is 5.86. The van der Waals surface area contributed by atoms with E-state index in [1.807, 2.05) is 19.9 Å². The molecule has 1 saturated heterocycles. The Balaban J connectivity index is 1.50. The van der Waals surface area contributed by atoms with E-state index in [2.05, 4.69) is 30.2 Å². The van der Waals surface area contributed by atoms with Crippen LogP contribution in [0.2, 0.25) is 5.02 Å². The molecule has 0 bridgehead atoms. The number of hydrogen-bond acceptors (Lipinski definition) is 4. The number of halogens is 1. The summed E-state index contributed by atoms with van der Waals surface area (Å²) < 4.78 is 7.78. The molecule has 7 heteroatoms. The fourth-order valence-corrected chi connectivity index (χ4v) is 4.41. The summed E-state index contributed by atoms with van der Waals surface area (Å²) in [5.41, 5.74) is 2.85. The standard InChI is InChI=1S/C24H32ClN3O3/c1-17-14-21(18(2)28(17)24(3,4)5)22(29)15-26-10-12-27(13-11-26)23(30)16-31-20-8-6-19(25)7-9-20/h6-9,14H,10-13,15-16H2,1-5H3. The number of ether oxygens (including phenoxy) is 1. The average molecular weight is 446 g/mol. The van der Waals surface area contributed by atoms with Crippen molar-refractivity contribution < 1.29 is 14.3 Å². The number of nitrogens with zero attached hydrogens (tertiary/aromatic N) is 3. The van der Waals surface area contributed by atoms with Gasteiger partial charge in [0.2, 0.25) is 0 Å². The van der Waals surface area contributed by atoms with Crippen LogP contribution in [0.25, 0.3) is 0 Å². The molecule has 2 heterocycles. The molecule has 1 aliphatic rings. The van der Waals surface area contributed by atoms with Crippen molar-refractivity contribution in [3.05, 3.63) is 52.3 Å². The number of carbonyl (C=O) groups is 2. The smallest absolute Gasteiger partial charge is 0.260 e. The molecule has 0 atom stereocenters. The van der Waals surface area contributed by atoms with Crippen LogP contribution < -0.4 is 4.74 Å². The lowest BCUT2D eigenvalue weighted by Gasteiger charge is -2.34. The summed E-state index contributed by atoms with van der Waals surface area (Å²) in [5, 5.41) is 0.629. The zero-order valence-electron chi connectivity index (χ0n) is 19.1. The summed E-state index contributed by atoms with van der Waals surface area (Å²) in [4.78, 5) is 29.3. The van der Waals surface area contributed by atoms with Gasteiger partial charge < -0.3 is 14.2 Å². The summed E-state index contributed by atoms with van der Waals surface area (Å²) in [5.74, 6) is 0.707. The van der Waals surface area contributed by atoms with E-state index in [-0.39, 0.29) is 23.8 Å². The number of rotatable bonds is 6. The first kappa shape index (κ1) is 23.4. The average Bonchev–Trinajstić information content (AvgIpc) is 3.02. The minimum Gasteiger partial charge on any atom is -0.484 e. The number of piperazine rings is 1. The Hall–Kier alpha value is -2.31. The van der Waals surface area contributed by atoms with Crippen molar-refractivity contribution in [2.24, 2.45) is 0 Å². The van der Waals surface area contributed by atoms with Crippen LogP contribution in [0.4, 0.5) is 0 Å². The highest BCUT2D eigenvalue weighted by Crippen LogP contribution is 2.25. The van der Waals surface area contributed by atoms with E-state index in [1.54, 1.807) is 29.2 Å². The summed E-state index contributed by atoms with van der Waals surface area (Å²) in [6.07, 6.45) is 0. The van der Waals surface area contributed by atoms with Crippen LogP contribution in [0.15, 0.2) is 30.3 Å². The lowest BCUT2D eigenvalue weighted by Crippen LogP contribution is -2.51. The number of hydrogen-bond donors (Lipinski definition) is 0. The topological polar surface area (TPSA) is 54.8 Å². The fourth-order valence-electron chi connectivity index (χ4n) is 4.29. The van der Waals surface area contributed by atoms with Gasteiger partial charge in [0.1, 0.15) is 5.75 Å². The Bertz CT molecular complexity index is 936. The highest BCUT2D eigenvalue weighted by atomic mass is 35.5. The molecule has 31 heavy (non-hydrogen) atoms. The van der Waals surface area contributed by atoms with Gasteiger partial charge in [-0.3, -0.25) is 14.5 Å². The van der Waals surface area contributed by atoms with Crippen molar-refractivity contribution in [1.82, 2.24) is 14.4 Å². The molecule has 3 rings (SSSR count). The molecule has 2 aromatic rings. The minimum absolute atomic E-state index is 0.000642. The van der Waals surface area contributed by atoms with Gasteiger partial charge in [0.25, 0.3) is 5.91 Å². The highest BCUT2D eigenvalue weighted by Gasteiger charge is 2.26. The molecular weight excluding hydrogens is 414 g/mol. The van der Waals surface area contributed by atoms with E-state index >= 15 is 0 Å². The maximum atomic E-state index is 13.0. The Labute approximate surface area is 189 Å². The van der Waals surface area contributed by atoms with Gasteiger partial charge in [0.15, 0.2) is 12.4 Å². The maximum Gasteiger partial charge on any atom is 0.260 e. The normalized spacial score (nSPS) is 15.2. The molecule has 6 nitrogen and oxygen atoms in total. The molecule has 1 amide bonds. The van der Waals surface area contributed by atoms with Gasteiger partial charge in [-0.25, -0.2) is 0 Å². The second-order valence-electron chi connectivity index (χ2n) is 9.11. The molecule has 1 aromatic heterocycles. The Morgan fingerprint density at radius 2 is 1.65 bits per heavy atom. The second-order valence-corrected chi connectivity index (χ2v) is 9.55. The Morgan fingerprint density at radius 3 is 2.19 bits per heavy atom. The van der Waals surface area contributed by atoms with Crippen LogP contribution in [0.1, 0.15) is 42.5 Å². The minimum atomic E-state index is -0.0627. The fraction of sp³-hybridized carbons (Fsp3) is 0.500. The Kier molecular flexibility index (Phi) is 7.12. The number of aromatic nitrogens is 1. The lowest BCUT2D eigenvalue weighted by molar-refractivity contribution is -0.135. The van der Waals surface area contributed by atoms with Crippen molar-refractivity contribution in [3.63, 3.8) is 0 Å². The number of ketones is 1. The molecule has 0 N–H and O–H groups in total. The zero-order chi connectivity index (χ0) is 22.8. The van der Waals surface area contributed by atoms with Crippen LogP contribution in [-0.4, -0.2) is 65.4 Å². The third-order valence-electron chi connectivity index (χ3n) is 5.67. The van der Waals surface area contributed by atoms with Crippen molar-refractivity contribution >= 4 is 23.3 Å². The van der Waals surface area contributed by atoms with Gasteiger partial charge in [-0.15, -0.1) is 0 Å². The maximum absolute atomic E-state index is 13.0. The zero-order valence-corrected chi connectivity index (χ0v) is 19.8. The van der Waals surface area contributed by atoms with E-state index in [9.17, 15) is 9.59 Å². The first-order chi connectivity index (χ1) is 14.6. The molecule has 0 spiro atoms. The molecule has 1 aliphatic heterocycles. The van der Waals surface area contributed by atoms with E-state index in [0.29, 0.717) is 43.5 Å². The van der Waals surface area contributed by atoms with Crippen molar-refractivity contribution in [1.29, 1.82) is 0 Å². The quantitative estimate of drug-likeness (QED) is 0.632. The van der Waals surface area contributed by atoms with E-state index in [0.717, 1.165) is 17.0 Å². The van der Waals surface area contributed by atoms with Crippen LogP contribution >= 0.6 is 11.6 Å². The third kappa shape index (κ3) is 5.69. The largest absolute Gasteiger partial charge is 0.484 e. The molecular formula is C24H32ClN3O3. The molecule has 0 unspecified atom stereocenters. The van der Waals surface area contributed by atoms with Crippen LogP contribution in [0, 0.1) is 13.8 Å². The van der Waals surface area contributed by atoms with Crippen molar-refractivity contribution in [2.75, 3.05) is 39.3 Å². The lowest BCUT2D eigenvalue weighted by atomic mass is 10.1. The van der Waals surface area contributed by atoms with Gasteiger partial charge >= 0.3 is 0 Å². The summed E-state index contributed by atoms with van der Waals surface area (Å²) in [6.45, 7) is 13.4. The predicted octanol–water partition coefficient (Wildman–Crippen LogP) is 3.92. The number of carbonyl (C=O) groups excluding carboxylic acids is 2. The second kappa shape index (κ2) is 9.45. The van der Waals surface area contributed by atoms with E-state index in [1.165, 1.54) is 0 Å². The SMILES string of the molecule is Cc1cc(C(=O)CN2CCN(C(=O)COc3ccc(Cl)cc3)CC2)c(C)n1C(C)(C)C. The van der Waals surface area contributed by atoms with Crippen LogP contribution in [0.5, 0.6) is 5.75 Å². The summed E-state index contributed by atoms with van der Waals surface area (Å²) in [7, 11) is 0. The van der Waals surface area contributed by atoms with Crippen molar-refractivity contribution in [3.8, 4) is 5.75 Å². The van der Waals surface area contributed by atoms with Gasteiger partial charge in [-0.05, 0) is 65.0 Å². The van der Waals surface area contributed by atoms with Gasteiger partial charge in [0.05, 0.1) is 6.54 Å². The monoisotopic (exact) mass is 445 g/mol. The van der Waals surface area contributed by atoms with Crippen LogP contribution in [0.3, 0.4) is 0 Å². The van der Waals surface area contributed by atoms with E-state index in [4.69, 9.17) is 16.3 Å². The van der Waals surface area contributed by atoms with Crippen molar-refractivity contribution in [2.45, 2.75) is 40.2 Å². The molecule has 1 fully saturated rings. The van der Waals surface area contributed by atoms with Gasteiger partial charge in [-0.1, -0.05) is 11.6 Å². The number of benzene rings is 1. The molecule has 168 valence electrons. The first-order valence-corrected chi connectivity index (χ1v) is 11.0. The third-order valence-corrected chi connectivity index (χ3v) is 5.92. The first-order valence-electron chi connectivity index (χ1n) is 10.7. The molecule has 0 radical (unpaired) electrons. The molecule has 0 aliphatic carbocycles. The van der Waals surface area contributed by atoms with Gasteiger partial charge in [-0.2, -0.15) is 0 Å². The summed E-state index contributed by atoms with van der Waals surface area (Å²) in [6, 6.07) is 8.95.